The van der Waals surface area contributed by atoms with Crippen molar-refractivity contribution >= 4 is 33.8 Å². The number of benzene rings is 2. The first kappa shape index (κ1) is 23.1. The molecule has 1 aliphatic heterocycles. The van der Waals surface area contributed by atoms with Gasteiger partial charge < -0.3 is 20.9 Å². The number of aryl methyl sites for hydroxylation is 1. The van der Waals surface area contributed by atoms with Crippen LogP contribution in [0.15, 0.2) is 42.5 Å². The molecule has 1 aliphatic rings. The Labute approximate surface area is 198 Å². The predicted molar refractivity (Wildman–Crippen MR) is 133 cm³/mol. The molecule has 1 saturated heterocycles. The molecule has 4 rings (SSSR count). The van der Waals surface area contributed by atoms with E-state index in [9.17, 15) is 9.90 Å². The van der Waals surface area contributed by atoms with Gasteiger partial charge in [-0.1, -0.05) is 31.6 Å². The van der Waals surface area contributed by atoms with Crippen LogP contribution in [0.2, 0.25) is 0 Å². The van der Waals surface area contributed by atoms with Gasteiger partial charge >= 0.3 is 0 Å². The smallest absolute Gasteiger partial charge is 0.206 e. The first-order valence-electron chi connectivity index (χ1n) is 11.4. The molecule has 1 unspecified atom stereocenters. The number of hydrogen-bond acceptors (Lipinski definition) is 8. The van der Waals surface area contributed by atoms with Crippen LogP contribution >= 0.6 is 11.3 Å². The first-order valence-corrected chi connectivity index (χ1v) is 12.2. The molecular weight excluding hydrogens is 436 g/mol. The Balaban J connectivity index is 1.42. The van der Waals surface area contributed by atoms with Crippen LogP contribution < -0.4 is 15.8 Å². The second-order valence-corrected chi connectivity index (χ2v) is 9.23. The minimum absolute atomic E-state index is 0.194. The molecule has 7 nitrogen and oxygen atoms in total. The van der Waals surface area contributed by atoms with Crippen molar-refractivity contribution in [1.29, 1.82) is 0 Å². The van der Waals surface area contributed by atoms with Gasteiger partial charge in [0.2, 0.25) is 5.78 Å². The Morgan fingerprint density at radius 2 is 2.06 bits per heavy atom. The third-order valence-electron chi connectivity index (χ3n) is 5.81. The molecule has 1 atom stereocenters. The fourth-order valence-corrected chi connectivity index (χ4v) is 4.86. The maximum Gasteiger partial charge on any atom is 0.206 e. The monoisotopic (exact) mass is 466 g/mol. The number of rotatable bonds is 9. The standard InChI is InChI=1S/C25H30N4O3S/c1-3-5-16-14-17(6-11-21(16)30)22(31)23-24(26)28-25(33-23)27-18-7-9-19(10-8-18)32-20-12-13-29(4-2)15-20/h6-11,14,20,30H,3-5,12-13,15,26H2,1-2H3,(H,27,28). The largest absolute Gasteiger partial charge is 0.508 e. The predicted octanol–water partition coefficient (Wildman–Crippen LogP) is 4.83. The molecule has 2 aromatic carbocycles. The first-order chi connectivity index (χ1) is 16.0. The third-order valence-corrected chi connectivity index (χ3v) is 6.79. The molecular formula is C25H30N4O3S. The van der Waals surface area contributed by atoms with Crippen LogP contribution in [0.5, 0.6) is 11.5 Å². The van der Waals surface area contributed by atoms with Gasteiger partial charge in [-0.2, -0.15) is 0 Å². The Bertz CT molecular complexity index is 1110. The van der Waals surface area contributed by atoms with Crippen molar-refractivity contribution < 1.29 is 14.6 Å². The summed E-state index contributed by atoms with van der Waals surface area (Å²) in [6, 6.07) is 12.6. The van der Waals surface area contributed by atoms with Crippen LogP contribution in [-0.4, -0.2) is 46.5 Å². The Morgan fingerprint density at radius 1 is 1.27 bits per heavy atom. The zero-order valence-corrected chi connectivity index (χ0v) is 19.8. The highest BCUT2D eigenvalue weighted by Crippen LogP contribution is 2.31. The molecule has 0 radical (unpaired) electrons. The molecule has 174 valence electrons. The van der Waals surface area contributed by atoms with Crippen molar-refractivity contribution in [2.75, 3.05) is 30.7 Å². The van der Waals surface area contributed by atoms with Gasteiger partial charge in [0.25, 0.3) is 0 Å². The molecule has 0 spiro atoms. The molecule has 1 aromatic heterocycles. The SMILES string of the molecule is CCCc1cc(C(=O)c2sc(Nc3ccc(OC4CCN(CC)C4)cc3)nc2N)ccc1O. The number of nitrogens with one attached hydrogen (secondary N) is 1. The van der Waals surface area contributed by atoms with Gasteiger partial charge in [0.1, 0.15) is 28.3 Å². The lowest BCUT2D eigenvalue weighted by molar-refractivity contribution is 0.104. The number of nitrogen functional groups attached to an aromatic ring is 1. The molecule has 33 heavy (non-hydrogen) atoms. The topological polar surface area (TPSA) is 101 Å². The van der Waals surface area contributed by atoms with Gasteiger partial charge in [-0.25, -0.2) is 4.98 Å². The number of aromatic nitrogens is 1. The number of hydrogen-bond donors (Lipinski definition) is 3. The Kier molecular flexibility index (Phi) is 7.15. The molecule has 3 aromatic rings. The van der Waals surface area contributed by atoms with E-state index < -0.39 is 0 Å². The number of likely N-dealkylation sites (tertiary alicyclic amines) is 1. The van der Waals surface area contributed by atoms with Crippen LogP contribution in [0.1, 0.15) is 47.5 Å². The second kappa shape index (κ2) is 10.2. The van der Waals surface area contributed by atoms with E-state index in [4.69, 9.17) is 10.5 Å². The number of thiazole rings is 1. The highest BCUT2D eigenvalue weighted by atomic mass is 32.1. The van der Waals surface area contributed by atoms with E-state index >= 15 is 0 Å². The summed E-state index contributed by atoms with van der Waals surface area (Å²) in [5.41, 5.74) is 8.15. The number of carbonyl (C=O) groups excluding carboxylic acids is 1. The molecule has 2 heterocycles. The van der Waals surface area contributed by atoms with Crippen LogP contribution in [0.3, 0.4) is 0 Å². The average molecular weight is 467 g/mol. The van der Waals surface area contributed by atoms with Crippen molar-refractivity contribution in [1.82, 2.24) is 9.88 Å². The number of carbonyl (C=O) groups is 1. The van der Waals surface area contributed by atoms with E-state index in [1.807, 2.05) is 31.2 Å². The van der Waals surface area contributed by atoms with Crippen LogP contribution in [0, 0.1) is 0 Å². The fourth-order valence-electron chi connectivity index (χ4n) is 3.99. The van der Waals surface area contributed by atoms with Crippen LogP contribution in [0.25, 0.3) is 0 Å². The normalized spacial score (nSPS) is 16.1. The second-order valence-electron chi connectivity index (χ2n) is 8.23. The van der Waals surface area contributed by atoms with Crippen molar-refractivity contribution in [2.45, 2.75) is 39.2 Å². The zero-order chi connectivity index (χ0) is 23.4. The van der Waals surface area contributed by atoms with Gasteiger partial charge in [-0.3, -0.25) is 9.69 Å². The minimum atomic E-state index is -0.197. The van der Waals surface area contributed by atoms with Crippen molar-refractivity contribution in [2.24, 2.45) is 0 Å². The van der Waals surface area contributed by atoms with Crippen molar-refractivity contribution in [3.05, 3.63) is 58.5 Å². The third kappa shape index (κ3) is 5.46. The Hall–Kier alpha value is -3.10. The molecule has 0 amide bonds. The Morgan fingerprint density at radius 3 is 2.76 bits per heavy atom. The summed E-state index contributed by atoms with van der Waals surface area (Å²) in [6.45, 7) is 7.29. The summed E-state index contributed by atoms with van der Waals surface area (Å²) in [7, 11) is 0. The van der Waals surface area contributed by atoms with E-state index in [1.165, 1.54) is 11.3 Å². The van der Waals surface area contributed by atoms with Gasteiger partial charge in [0, 0.05) is 24.3 Å². The van der Waals surface area contributed by atoms with Crippen molar-refractivity contribution in [3.8, 4) is 11.5 Å². The fraction of sp³-hybridized carbons (Fsp3) is 0.360. The number of aromatic hydroxyl groups is 1. The van der Waals surface area contributed by atoms with E-state index in [1.54, 1.807) is 18.2 Å². The summed E-state index contributed by atoms with van der Waals surface area (Å²) < 4.78 is 6.09. The molecule has 4 N–H and O–H groups in total. The van der Waals surface area contributed by atoms with E-state index in [2.05, 4.69) is 22.1 Å². The summed E-state index contributed by atoms with van der Waals surface area (Å²) in [6.07, 6.45) is 2.86. The van der Waals surface area contributed by atoms with E-state index in [0.29, 0.717) is 22.0 Å². The molecule has 0 saturated carbocycles. The molecule has 1 fully saturated rings. The summed E-state index contributed by atoms with van der Waals surface area (Å²) in [5, 5.41) is 13.8. The van der Waals surface area contributed by atoms with Gasteiger partial charge in [-0.15, -0.1) is 0 Å². The molecule has 0 aliphatic carbocycles. The number of nitrogens with zero attached hydrogens (tertiary/aromatic N) is 2. The molecule has 0 bridgehead atoms. The zero-order valence-electron chi connectivity index (χ0n) is 19.0. The lowest BCUT2D eigenvalue weighted by Gasteiger charge is -2.15. The lowest BCUT2D eigenvalue weighted by atomic mass is 10.0. The number of likely N-dealkylation sites (N-methyl/N-ethyl adjacent to an activating group) is 1. The van der Waals surface area contributed by atoms with Crippen LogP contribution in [0.4, 0.5) is 16.6 Å². The van der Waals surface area contributed by atoms with Crippen molar-refractivity contribution in [3.63, 3.8) is 0 Å². The van der Waals surface area contributed by atoms with E-state index in [-0.39, 0.29) is 23.5 Å². The molecule has 8 heteroatoms. The van der Waals surface area contributed by atoms with Crippen LogP contribution in [-0.2, 0) is 6.42 Å². The summed E-state index contributed by atoms with van der Waals surface area (Å²) in [5.74, 6) is 1.04. The minimum Gasteiger partial charge on any atom is -0.508 e. The van der Waals surface area contributed by atoms with Gasteiger partial charge in [0.15, 0.2) is 5.13 Å². The number of phenolic OH excluding ortho intramolecular Hbond substituents is 1. The quantitative estimate of drug-likeness (QED) is 0.388. The van der Waals surface area contributed by atoms with Gasteiger partial charge in [0.05, 0.1) is 0 Å². The highest BCUT2D eigenvalue weighted by Gasteiger charge is 2.23. The lowest BCUT2D eigenvalue weighted by Crippen LogP contribution is -2.24. The maximum atomic E-state index is 13.0. The average Bonchev–Trinajstić information content (AvgIpc) is 3.42. The van der Waals surface area contributed by atoms with E-state index in [0.717, 1.165) is 49.5 Å². The van der Waals surface area contributed by atoms with Gasteiger partial charge in [-0.05, 0) is 67.4 Å². The maximum absolute atomic E-state index is 13.0. The number of nitrogens with two attached hydrogens (primary N) is 1. The number of ether oxygens (including phenoxy) is 1. The highest BCUT2D eigenvalue weighted by molar-refractivity contribution is 7.18. The number of anilines is 3. The number of ketones is 1. The number of phenols is 1. The summed E-state index contributed by atoms with van der Waals surface area (Å²) in [4.78, 5) is 20.1. The summed E-state index contributed by atoms with van der Waals surface area (Å²) >= 11 is 1.22.